The van der Waals surface area contributed by atoms with E-state index in [0.29, 0.717) is 22.9 Å². The molecule has 0 spiro atoms. The molecular formula is C28H24N8O. The minimum atomic E-state index is -0.511. The Morgan fingerprint density at radius 2 is 1.76 bits per heavy atom. The zero-order valence-corrected chi connectivity index (χ0v) is 20.6. The van der Waals surface area contributed by atoms with Crippen molar-refractivity contribution in [2.45, 2.75) is 20.8 Å². The predicted octanol–water partition coefficient (Wildman–Crippen LogP) is 5.61. The molecule has 37 heavy (non-hydrogen) atoms. The van der Waals surface area contributed by atoms with Crippen LogP contribution < -0.4 is 5.32 Å². The summed E-state index contributed by atoms with van der Waals surface area (Å²) in [5.74, 6) is 0.576. The number of hydrogen-bond donors (Lipinski definition) is 3. The Bertz CT molecular complexity index is 1760. The number of nitrogens with zero attached hydrogens (tertiary/aromatic N) is 5. The second-order valence-corrected chi connectivity index (χ2v) is 9.88. The smallest absolute Gasteiger partial charge is 0.229 e. The molecule has 9 nitrogen and oxygen atoms in total. The molecule has 9 heteroatoms. The molecule has 0 bridgehead atoms. The maximum Gasteiger partial charge on any atom is 0.229 e. The highest BCUT2D eigenvalue weighted by molar-refractivity contribution is 5.98. The summed E-state index contributed by atoms with van der Waals surface area (Å²) in [5, 5.41) is 11.4. The van der Waals surface area contributed by atoms with Crippen molar-refractivity contribution in [1.82, 2.24) is 35.1 Å². The van der Waals surface area contributed by atoms with Gasteiger partial charge in [0.1, 0.15) is 5.69 Å². The largest absolute Gasteiger partial charge is 0.337 e. The molecule has 0 fully saturated rings. The monoisotopic (exact) mass is 488 g/mol. The van der Waals surface area contributed by atoms with Crippen molar-refractivity contribution in [3.63, 3.8) is 0 Å². The number of aromatic nitrogens is 7. The Morgan fingerprint density at radius 1 is 0.919 bits per heavy atom. The Balaban J connectivity index is 1.40. The highest BCUT2D eigenvalue weighted by Crippen LogP contribution is 2.32. The van der Waals surface area contributed by atoms with Gasteiger partial charge in [0.05, 0.1) is 40.3 Å². The zero-order valence-electron chi connectivity index (χ0n) is 20.6. The number of para-hydroxylation sites is 1. The van der Waals surface area contributed by atoms with Crippen molar-refractivity contribution < 1.29 is 4.79 Å². The van der Waals surface area contributed by atoms with Crippen molar-refractivity contribution in [3.8, 4) is 33.9 Å². The van der Waals surface area contributed by atoms with E-state index in [-0.39, 0.29) is 5.91 Å². The van der Waals surface area contributed by atoms with E-state index < -0.39 is 5.41 Å². The van der Waals surface area contributed by atoms with Crippen LogP contribution in [0.25, 0.3) is 55.8 Å². The lowest BCUT2D eigenvalue weighted by Crippen LogP contribution is -2.27. The van der Waals surface area contributed by atoms with E-state index in [1.165, 1.54) is 0 Å². The highest BCUT2D eigenvalue weighted by atomic mass is 16.2. The van der Waals surface area contributed by atoms with E-state index in [0.717, 1.165) is 38.6 Å². The summed E-state index contributed by atoms with van der Waals surface area (Å²) >= 11 is 0. The van der Waals surface area contributed by atoms with Crippen LogP contribution in [0.4, 0.5) is 5.69 Å². The molecule has 0 aliphatic carbocycles. The van der Waals surface area contributed by atoms with Gasteiger partial charge in [0.2, 0.25) is 5.91 Å². The number of pyridine rings is 3. The van der Waals surface area contributed by atoms with Gasteiger partial charge in [-0.25, -0.2) is 4.98 Å². The molecule has 3 N–H and O–H groups in total. The molecule has 1 amide bonds. The van der Waals surface area contributed by atoms with Crippen LogP contribution in [0.3, 0.4) is 0 Å². The Hall–Kier alpha value is -4.92. The van der Waals surface area contributed by atoms with Crippen molar-refractivity contribution in [2.75, 3.05) is 5.32 Å². The molecule has 0 atom stereocenters. The first-order valence-corrected chi connectivity index (χ1v) is 11.9. The van der Waals surface area contributed by atoms with E-state index in [2.05, 4.69) is 35.5 Å². The fraction of sp³-hybridized carbons (Fsp3) is 0.143. The standard InChI is InChI=1S/C28H24N8O/c1-28(2,3)27(37)32-18-11-17(13-30-14-18)22-12-20-23(15-31-22)35-36-25(20)26-33-21-6-4-5-19(24(21)34-26)16-7-9-29-10-8-16/h4-15H,1-3H3,(H,32,37)(H,33,34)(H,35,36). The zero-order chi connectivity index (χ0) is 25.6. The fourth-order valence-electron chi connectivity index (χ4n) is 4.13. The average molecular weight is 489 g/mol. The Morgan fingerprint density at radius 3 is 2.57 bits per heavy atom. The van der Waals surface area contributed by atoms with Crippen molar-refractivity contribution >= 4 is 33.5 Å². The van der Waals surface area contributed by atoms with Crippen LogP contribution in [-0.2, 0) is 4.79 Å². The van der Waals surface area contributed by atoms with Gasteiger partial charge in [-0.15, -0.1) is 0 Å². The fourth-order valence-corrected chi connectivity index (χ4v) is 4.13. The van der Waals surface area contributed by atoms with Crippen LogP contribution in [0.15, 0.2) is 73.4 Å². The molecule has 182 valence electrons. The van der Waals surface area contributed by atoms with Crippen molar-refractivity contribution in [3.05, 3.63) is 73.4 Å². The minimum absolute atomic E-state index is 0.0806. The van der Waals surface area contributed by atoms with Crippen LogP contribution in [0.1, 0.15) is 20.8 Å². The number of anilines is 1. The molecule has 1 aromatic carbocycles. The number of imidazole rings is 1. The molecule has 6 aromatic rings. The summed E-state index contributed by atoms with van der Waals surface area (Å²) in [6, 6.07) is 13.8. The number of carbonyl (C=O) groups excluding carboxylic acids is 1. The van der Waals surface area contributed by atoms with Crippen molar-refractivity contribution in [2.24, 2.45) is 5.41 Å². The summed E-state index contributed by atoms with van der Waals surface area (Å²) in [6.45, 7) is 5.61. The van der Waals surface area contributed by atoms with Crippen LogP contribution in [-0.4, -0.2) is 41.0 Å². The van der Waals surface area contributed by atoms with Gasteiger partial charge >= 0.3 is 0 Å². The Labute approximate surface area is 212 Å². The van der Waals surface area contributed by atoms with Gasteiger partial charge in [-0.1, -0.05) is 32.9 Å². The number of benzene rings is 1. The predicted molar refractivity (Wildman–Crippen MR) is 144 cm³/mol. The normalized spacial score (nSPS) is 11.8. The molecule has 5 heterocycles. The van der Waals surface area contributed by atoms with Gasteiger partial charge < -0.3 is 10.3 Å². The number of hydrogen-bond acceptors (Lipinski definition) is 6. The first-order chi connectivity index (χ1) is 17.9. The third-order valence-electron chi connectivity index (χ3n) is 6.15. The summed E-state index contributed by atoms with van der Waals surface area (Å²) < 4.78 is 0. The second kappa shape index (κ2) is 8.63. The quantitative estimate of drug-likeness (QED) is 0.296. The number of carbonyl (C=O) groups is 1. The van der Waals surface area contributed by atoms with Crippen LogP contribution in [0.5, 0.6) is 0 Å². The topological polar surface area (TPSA) is 125 Å². The van der Waals surface area contributed by atoms with Gasteiger partial charge in [0.25, 0.3) is 0 Å². The molecule has 5 aromatic heterocycles. The summed E-state index contributed by atoms with van der Waals surface area (Å²) in [5.41, 5.74) is 6.93. The first kappa shape index (κ1) is 22.5. The minimum Gasteiger partial charge on any atom is -0.337 e. The Kier molecular flexibility index (Phi) is 5.26. The molecule has 0 radical (unpaired) electrons. The van der Waals surface area contributed by atoms with E-state index in [9.17, 15) is 4.79 Å². The van der Waals surface area contributed by atoms with Crippen LogP contribution in [0, 0.1) is 5.41 Å². The lowest BCUT2D eigenvalue weighted by Gasteiger charge is -2.17. The molecule has 0 aliphatic heterocycles. The highest BCUT2D eigenvalue weighted by Gasteiger charge is 2.21. The van der Waals surface area contributed by atoms with Gasteiger partial charge in [-0.3, -0.25) is 24.8 Å². The van der Waals surface area contributed by atoms with E-state index in [1.807, 2.05) is 63.2 Å². The van der Waals surface area contributed by atoms with Crippen molar-refractivity contribution in [1.29, 1.82) is 0 Å². The van der Waals surface area contributed by atoms with E-state index in [1.54, 1.807) is 31.0 Å². The van der Waals surface area contributed by atoms with E-state index in [4.69, 9.17) is 4.98 Å². The SMILES string of the molecule is CC(C)(C)C(=O)Nc1cncc(-c2cc3c(-c4nc5c(-c6ccncc6)cccc5[nH]4)n[nH]c3cn2)c1. The number of fused-ring (bicyclic) bond motifs is 2. The lowest BCUT2D eigenvalue weighted by molar-refractivity contribution is -0.123. The number of amides is 1. The molecule has 0 unspecified atom stereocenters. The van der Waals surface area contributed by atoms with Crippen LogP contribution in [0.2, 0.25) is 0 Å². The summed E-state index contributed by atoms with van der Waals surface area (Å²) in [6.07, 6.45) is 8.64. The summed E-state index contributed by atoms with van der Waals surface area (Å²) in [4.78, 5) is 33.8. The van der Waals surface area contributed by atoms with Crippen LogP contribution >= 0.6 is 0 Å². The molecule has 6 rings (SSSR count). The number of nitrogens with one attached hydrogen (secondary N) is 3. The number of aromatic amines is 2. The molecular weight excluding hydrogens is 464 g/mol. The van der Waals surface area contributed by atoms with Gasteiger partial charge in [0.15, 0.2) is 5.82 Å². The third kappa shape index (κ3) is 4.20. The lowest BCUT2D eigenvalue weighted by atomic mass is 9.95. The average Bonchev–Trinajstić information content (AvgIpc) is 3.52. The molecule has 0 saturated carbocycles. The maximum atomic E-state index is 12.4. The number of H-pyrrole nitrogens is 2. The number of rotatable bonds is 4. The molecule has 0 saturated heterocycles. The van der Waals surface area contributed by atoms with Gasteiger partial charge in [-0.2, -0.15) is 5.10 Å². The first-order valence-electron chi connectivity index (χ1n) is 11.9. The molecule has 0 aliphatic rings. The van der Waals surface area contributed by atoms with E-state index >= 15 is 0 Å². The third-order valence-corrected chi connectivity index (χ3v) is 6.15. The van der Waals surface area contributed by atoms with Gasteiger partial charge in [0, 0.05) is 40.5 Å². The maximum absolute atomic E-state index is 12.4. The van der Waals surface area contributed by atoms with Gasteiger partial charge in [-0.05, 0) is 35.9 Å². The second-order valence-electron chi connectivity index (χ2n) is 9.88. The summed E-state index contributed by atoms with van der Waals surface area (Å²) in [7, 11) is 0.